The van der Waals surface area contributed by atoms with E-state index in [0.717, 1.165) is 24.3 Å². The van der Waals surface area contributed by atoms with Gasteiger partial charge in [-0.3, -0.25) is 0 Å². The molecule has 0 saturated heterocycles. The highest BCUT2D eigenvalue weighted by atomic mass is 14.5. The van der Waals surface area contributed by atoms with Crippen LogP contribution in [0.5, 0.6) is 0 Å². The van der Waals surface area contributed by atoms with Gasteiger partial charge in [-0.25, -0.2) is 0 Å². The molecule has 0 aliphatic rings. The maximum absolute atomic E-state index is 5.58. The normalized spacial score (nSPS) is 16.3. The molecule has 0 bridgehead atoms. The lowest BCUT2D eigenvalue weighted by atomic mass is 9.81. The quantitative estimate of drug-likeness (QED) is 0.422. The Labute approximate surface area is 122 Å². The van der Waals surface area contributed by atoms with Crippen molar-refractivity contribution in [3.63, 3.8) is 0 Å². The van der Waals surface area contributed by atoms with Crippen molar-refractivity contribution in [2.24, 2.45) is 23.5 Å². The smallest absolute Gasteiger partial charge is 0.00773 e. The zero-order valence-electron chi connectivity index (χ0n) is 14.1. The molecular weight excluding hydrogens is 230 g/mol. The Kier molecular flexibility index (Phi) is 12.9. The fraction of sp³-hybridized carbons (Fsp3) is 1.00. The van der Waals surface area contributed by atoms with E-state index in [0.29, 0.717) is 0 Å². The average molecular weight is 270 g/mol. The van der Waals surface area contributed by atoms with Gasteiger partial charge in [0.15, 0.2) is 0 Å². The van der Waals surface area contributed by atoms with Crippen LogP contribution in [0.1, 0.15) is 91.9 Å². The SMILES string of the molecule is CCCCC(C)CCC(CCCCCN)C(C)CC. The van der Waals surface area contributed by atoms with Crippen molar-refractivity contribution in [3.05, 3.63) is 0 Å². The van der Waals surface area contributed by atoms with Crippen molar-refractivity contribution >= 4 is 0 Å². The molecule has 1 heteroatoms. The highest BCUT2D eigenvalue weighted by molar-refractivity contribution is 4.68. The summed E-state index contributed by atoms with van der Waals surface area (Å²) in [5.74, 6) is 2.78. The average Bonchev–Trinajstić information content (AvgIpc) is 2.43. The zero-order chi connectivity index (χ0) is 14.5. The molecule has 0 aliphatic heterocycles. The van der Waals surface area contributed by atoms with Crippen LogP contribution in [0, 0.1) is 17.8 Å². The monoisotopic (exact) mass is 269 g/mol. The van der Waals surface area contributed by atoms with Crippen LogP contribution in [0.25, 0.3) is 0 Å². The summed E-state index contributed by atoms with van der Waals surface area (Å²) in [5, 5.41) is 0. The third-order valence-electron chi connectivity index (χ3n) is 4.81. The lowest BCUT2D eigenvalue weighted by Gasteiger charge is -2.24. The van der Waals surface area contributed by atoms with E-state index in [1.54, 1.807) is 0 Å². The third kappa shape index (κ3) is 10.4. The van der Waals surface area contributed by atoms with E-state index < -0.39 is 0 Å². The van der Waals surface area contributed by atoms with Gasteiger partial charge in [0.05, 0.1) is 0 Å². The van der Waals surface area contributed by atoms with E-state index in [2.05, 4.69) is 27.7 Å². The van der Waals surface area contributed by atoms with E-state index in [1.165, 1.54) is 64.2 Å². The first-order chi connectivity index (χ1) is 9.15. The lowest BCUT2D eigenvalue weighted by Crippen LogP contribution is -2.13. The molecule has 0 aromatic carbocycles. The molecule has 0 aromatic heterocycles. The van der Waals surface area contributed by atoms with E-state index in [-0.39, 0.29) is 0 Å². The molecule has 1 nitrogen and oxygen atoms in total. The highest BCUT2D eigenvalue weighted by Crippen LogP contribution is 2.28. The molecule has 0 amide bonds. The molecule has 0 aliphatic carbocycles. The van der Waals surface area contributed by atoms with Crippen molar-refractivity contribution < 1.29 is 0 Å². The van der Waals surface area contributed by atoms with Crippen LogP contribution in [-0.2, 0) is 0 Å². The molecule has 0 rings (SSSR count). The Balaban J connectivity index is 3.91. The Morgan fingerprint density at radius 1 is 0.789 bits per heavy atom. The maximum Gasteiger partial charge on any atom is -0.00773 e. The molecule has 19 heavy (non-hydrogen) atoms. The molecule has 116 valence electrons. The van der Waals surface area contributed by atoms with Crippen molar-refractivity contribution in [1.29, 1.82) is 0 Å². The van der Waals surface area contributed by atoms with Gasteiger partial charge in [-0.05, 0) is 37.1 Å². The molecule has 3 atom stereocenters. The van der Waals surface area contributed by atoms with Gasteiger partial charge < -0.3 is 5.73 Å². The Morgan fingerprint density at radius 3 is 2.11 bits per heavy atom. The Morgan fingerprint density at radius 2 is 1.53 bits per heavy atom. The second-order valence-electron chi connectivity index (χ2n) is 6.61. The minimum absolute atomic E-state index is 0.863. The predicted octanol–water partition coefficient (Wildman–Crippen LogP) is 5.77. The summed E-state index contributed by atoms with van der Waals surface area (Å²) in [6, 6.07) is 0. The fourth-order valence-electron chi connectivity index (χ4n) is 2.97. The van der Waals surface area contributed by atoms with Crippen LogP contribution in [-0.4, -0.2) is 6.54 Å². The summed E-state index contributed by atoms with van der Waals surface area (Å²) in [6.45, 7) is 10.4. The Bertz CT molecular complexity index is 179. The van der Waals surface area contributed by atoms with Crippen molar-refractivity contribution in [1.82, 2.24) is 0 Å². The molecule has 3 unspecified atom stereocenters. The summed E-state index contributed by atoms with van der Waals surface area (Å²) in [5.41, 5.74) is 5.58. The standard InChI is InChI=1S/C18H39N/c1-5-7-11-16(3)13-14-18(17(4)6-2)12-9-8-10-15-19/h16-18H,5-15,19H2,1-4H3. The van der Waals surface area contributed by atoms with E-state index in [9.17, 15) is 0 Å². The molecule has 0 aromatic rings. The van der Waals surface area contributed by atoms with Gasteiger partial charge in [0.2, 0.25) is 0 Å². The summed E-state index contributed by atoms with van der Waals surface area (Å²) in [7, 11) is 0. The van der Waals surface area contributed by atoms with Crippen LogP contribution in [0.15, 0.2) is 0 Å². The molecule has 0 spiro atoms. The molecule has 2 N–H and O–H groups in total. The van der Waals surface area contributed by atoms with Gasteiger partial charge in [-0.15, -0.1) is 0 Å². The van der Waals surface area contributed by atoms with Crippen molar-refractivity contribution in [2.45, 2.75) is 91.9 Å². The van der Waals surface area contributed by atoms with Crippen LogP contribution in [0.3, 0.4) is 0 Å². The summed E-state index contributed by atoms with van der Waals surface area (Å²) >= 11 is 0. The summed E-state index contributed by atoms with van der Waals surface area (Å²) < 4.78 is 0. The molecule has 0 radical (unpaired) electrons. The number of hydrogen-bond acceptors (Lipinski definition) is 1. The number of hydrogen-bond donors (Lipinski definition) is 1. The van der Waals surface area contributed by atoms with Crippen LogP contribution < -0.4 is 5.73 Å². The first-order valence-corrected chi connectivity index (χ1v) is 8.85. The van der Waals surface area contributed by atoms with E-state index in [1.807, 2.05) is 0 Å². The fourth-order valence-corrected chi connectivity index (χ4v) is 2.97. The van der Waals surface area contributed by atoms with Gasteiger partial charge >= 0.3 is 0 Å². The molecule has 0 heterocycles. The molecule has 0 saturated carbocycles. The first-order valence-electron chi connectivity index (χ1n) is 8.85. The first kappa shape index (κ1) is 19.0. The van der Waals surface area contributed by atoms with Gasteiger partial charge in [0, 0.05) is 0 Å². The topological polar surface area (TPSA) is 26.0 Å². The predicted molar refractivity (Wildman–Crippen MR) is 88.4 cm³/mol. The van der Waals surface area contributed by atoms with E-state index >= 15 is 0 Å². The highest BCUT2D eigenvalue weighted by Gasteiger charge is 2.16. The van der Waals surface area contributed by atoms with Gasteiger partial charge in [-0.1, -0.05) is 79.1 Å². The van der Waals surface area contributed by atoms with Gasteiger partial charge in [-0.2, -0.15) is 0 Å². The van der Waals surface area contributed by atoms with Gasteiger partial charge in [0.1, 0.15) is 0 Å². The molecular formula is C18H39N. The van der Waals surface area contributed by atoms with Crippen LogP contribution in [0.4, 0.5) is 0 Å². The second-order valence-corrected chi connectivity index (χ2v) is 6.61. The number of rotatable bonds is 13. The van der Waals surface area contributed by atoms with Crippen LogP contribution >= 0.6 is 0 Å². The summed E-state index contributed by atoms with van der Waals surface area (Å²) in [6.07, 6.45) is 13.8. The lowest BCUT2D eigenvalue weighted by molar-refractivity contribution is 0.272. The van der Waals surface area contributed by atoms with Crippen molar-refractivity contribution in [2.75, 3.05) is 6.54 Å². The maximum atomic E-state index is 5.58. The zero-order valence-corrected chi connectivity index (χ0v) is 14.1. The number of nitrogens with two attached hydrogens (primary N) is 1. The van der Waals surface area contributed by atoms with E-state index in [4.69, 9.17) is 5.73 Å². The Hall–Kier alpha value is -0.0400. The van der Waals surface area contributed by atoms with Crippen molar-refractivity contribution in [3.8, 4) is 0 Å². The third-order valence-corrected chi connectivity index (χ3v) is 4.81. The van der Waals surface area contributed by atoms with Crippen LogP contribution in [0.2, 0.25) is 0 Å². The molecule has 0 fully saturated rings. The minimum Gasteiger partial charge on any atom is -0.330 e. The largest absolute Gasteiger partial charge is 0.330 e. The minimum atomic E-state index is 0.863. The summed E-state index contributed by atoms with van der Waals surface area (Å²) in [4.78, 5) is 0. The second kappa shape index (κ2) is 13.0. The van der Waals surface area contributed by atoms with Gasteiger partial charge in [0.25, 0.3) is 0 Å². The number of unbranched alkanes of at least 4 members (excludes halogenated alkanes) is 3.